The van der Waals surface area contributed by atoms with Gasteiger partial charge in [-0.2, -0.15) is 0 Å². The minimum absolute atomic E-state index is 0.0667. The smallest absolute Gasteiger partial charge is 0.338 e. The molecule has 59 heavy (non-hydrogen) atoms. The highest BCUT2D eigenvalue weighted by atomic mass is 28.4. The van der Waals surface area contributed by atoms with Crippen LogP contribution in [0, 0.1) is 0 Å². The predicted molar refractivity (Wildman–Crippen MR) is 222 cm³/mol. The van der Waals surface area contributed by atoms with Crippen molar-refractivity contribution in [2.45, 2.75) is 115 Å². The molecule has 0 saturated carbocycles. The summed E-state index contributed by atoms with van der Waals surface area (Å²) in [5, 5.41) is 2.91. The third kappa shape index (κ3) is 12.8. The number of carbonyl (C=O) groups excluding carboxylic acids is 5. The Hall–Kier alpha value is -4.89. The number of nitrogens with one attached hydrogen (secondary N) is 1. The number of esters is 3. The van der Waals surface area contributed by atoms with E-state index in [1.807, 2.05) is 4.90 Å². The fraction of sp³-hybridized carbons (Fsp3) is 0.489. The zero-order chi connectivity index (χ0) is 42.6. The van der Waals surface area contributed by atoms with Crippen LogP contribution in [0.4, 0.5) is 0 Å². The molecule has 13 nitrogen and oxygen atoms in total. The molecule has 2 unspecified atom stereocenters. The third-order valence-corrected chi connectivity index (χ3v) is 15.6. The summed E-state index contributed by atoms with van der Waals surface area (Å²) in [6.07, 6.45) is -2.08. The third-order valence-electron chi connectivity index (χ3n) is 11.0. The minimum atomic E-state index is -1.90. The van der Waals surface area contributed by atoms with Crippen molar-refractivity contribution in [3.05, 3.63) is 108 Å². The molecule has 0 radical (unpaired) electrons. The first-order chi connectivity index (χ1) is 28.1. The normalized spacial score (nSPS) is 21.3. The average molecular weight is 831 g/mol. The molecule has 2 aliphatic heterocycles. The molecule has 5 rings (SSSR count). The van der Waals surface area contributed by atoms with Gasteiger partial charge >= 0.3 is 17.9 Å². The van der Waals surface area contributed by atoms with Crippen molar-refractivity contribution in [1.82, 2.24) is 10.2 Å². The summed E-state index contributed by atoms with van der Waals surface area (Å²) in [7, 11) is -1.90. The van der Waals surface area contributed by atoms with Gasteiger partial charge in [0.25, 0.3) is 0 Å². The Labute approximate surface area is 348 Å². The molecule has 0 spiro atoms. The van der Waals surface area contributed by atoms with Crippen molar-refractivity contribution in [3.63, 3.8) is 0 Å². The lowest BCUT2D eigenvalue weighted by molar-refractivity contribution is -0.269. The summed E-state index contributed by atoms with van der Waals surface area (Å²) in [4.78, 5) is 68.1. The average Bonchev–Trinajstić information content (AvgIpc) is 3.22. The van der Waals surface area contributed by atoms with Gasteiger partial charge in [-0.1, -0.05) is 75.4 Å². The van der Waals surface area contributed by atoms with Crippen molar-refractivity contribution in [2.24, 2.45) is 0 Å². The maximum atomic E-state index is 13.6. The number of carbonyl (C=O) groups is 5. The Morgan fingerprint density at radius 3 is 1.76 bits per heavy atom. The lowest BCUT2D eigenvalue weighted by atomic mass is 9.95. The van der Waals surface area contributed by atoms with Crippen LogP contribution in [0.5, 0.6) is 0 Å². The molecule has 5 atom stereocenters. The molecule has 0 bridgehead atoms. The number of hydrogen-bond donors (Lipinski definition) is 1. The van der Waals surface area contributed by atoms with E-state index in [1.54, 1.807) is 91.0 Å². The van der Waals surface area contributed by atoms with Crippen LogP contribution in [0.1, 0.15) is 90.9 Å². The van der Waals surface area contributed by atoms with E-state index in [-0.39, 0.29) is 40.3 Å². The summed E-state index contributed by atoms with van der Waals surface area (Å²) in [6, 6.07) is 23.6. The van der Waals surface area contributed by atoms with Gasteiger partial charge in [-0.15, -0.1) is 0 Å². The van der Waals surface area contributed by atoms with E-state index in [9.17, 15) is 24.0 Å². The van der Waals surface area contributed by atoms with Crippen molar-refractivity contribution in [3.8, 4) is 0 Å². The molecule has 0 aromatic heterocycles. The molecular formula is C45H58N2O11Si. The molecule has 2 amide bonds. The predicted octanol–water partition coefficient (Wildman–Crippen LogP) is 6.72. The summed E-state index contributed by atoms with van der Waals surface area (Å²) in [5.74, 6) is -2.58. The SMILES string of the molecule is CC(=O)N[C@H]1C(OC(=O)c2ccccc2)[C@@H](OC(=O)c2ccccc2)C(COC(=O)c2ccccc2)O[C@H]1OCCCCC(=O)N1CCC(O[Si](C)(C)C(C)(C)C)CC1. The van der Waals surface area contributed by atoms with Crippen molar-refractivity contribution in [1.29, 1.82) is 0 Å². The van der Waals surface area contributed by atoms with Crippen LogP contribution in [0.3, 0.4) is 0 Å². The van der Waals surface area contributed by atoms with E-state index in [4.69, 9.17) is 28.1 Å². The largest absolute Gasteiger partial charge is 0.459 e. The van der Waals surface area contributed by atoms with Gasteiger partial charge in [0, 0.05) is 39.1 Å². The number of nitrogens with zero attached hydrogens (tertiary/aromatic N) is 1. The van der Waals surface area contributed by atoms with Crippen LogP contribution in [-0.4, -0.2) is 106 Å². The summed E-state index contributed by atoms with van der Waals surface area (Å²) in [5.41, 5.74) is 0.722. The molecular weight excluding hydrogens is 773 g/mol. The monoisotopic (exact) mass is 830 g/mol. The molecule has 0 aliphatic carbocycles. The van der Waals surface area contributed by atoms with Crippen molar-refractivity contribution in [2.75, 3.05) is 26.3 Å². The van der Waals surface area contributed by atoms with E-state index in [2.05, 4.69) is 39.2 Å². The molecule has 2 saturated heterocycles. The van der Waals surface area contributed by atoms with E-state index >= 15 is 0 Å². The number of piperidine rings is 1. The first-order valence-electron chi connectivity index (χ1n) is 20.4. The minimum Gasteiger partial charge on any atom is -0.459 e. The second-order valence-electron chi connectivity index (χ2n) is 16.5. The second kappa shape index (κ2) is 20.9. The molecule has 14 heteroatoms. The van der Waals surface area contributed by atoms with E-state index < -0.39 is 69.4 Å². The molecule has 318 valence electrons. The number of amides is 2. The quantitative estimate of drug-likeness (QED) is 0.0708. The number of benzene rings is 3. The van der Waals surface area contributed by atoms with E-state index in [1.165, 1.54) is 6.92 Å². The van der Waals surface area contributed by atoms with Crippen LogP contribution < -0.4 is 5.32 Å². The zero-order valence-electron chi connectivity index (χ0n) is 34.9. The first-order valence-corrected chi connectivity index (χ1v) is 23.3. The summed E-state index contributed by atoms with van der Waals surface area (Å²) >= 11 is 0. The summed E-state index contributed by atoms with van der Waals surface area (Å²) in [6.45, 7) is 13.5. The van der Waals surface area contributed by atoms with Gasteiger partial charge in [0.1, 0.15) is 18.8 Å². The number of unbranched alkanes of at least 4 members (excludes halogenated alkanes) is 1. The van der Waals surface area contributed by atoms with Crippen molar-refractivity contribution >= 4 is 38.0 Å². The topological polar surface area (TPSA) is 156 Å². The highest BCUT2D eigenvalue weighted by Crippen LogP contribution is 2.38. The highest BCUT2D eigenvalue weighted by molar-refractivity contribution is 6.74. The van der Waals surface area contributed by atoms with Gasteiger partial charge in [-0.05, 0) is 80.2 Å². The van der Waals surface area contributed by atoms with Crippen LogP contribution in [0.2, 0.25) is 18.1 Å². The molecule has 2 aliphatic rings. The van der Waals surface area contributed by atoms with Crippen LogP contribution in [0.25, 0.3) is 0 Å². The van der Waals surface area contributed by atoms with Gasteiger partial charge in [0.15, 0.2) is 26.8 Å². The molecule has 3 aromatic rings. The van der Waals surface area contributed by atoms with Gasteiger partial charge < -0.3 is 38.3 Å². The van der Waals surface area contributed by atoms with E-state index in [0.29, 0.717) is 32.4 Å². The lowest BCUT2D eigenvalue weighted by Gasteiger charge is -2.45. The summed E-state index contributed by atoms with van der Waals surface area (Å²) < 4.78 is 37.0. The lowest BCUT2D eigenvalue weighted by Crippen LogP contribution is -2.66. The Morgan fingerprint density at radius 1 is 0.746 bits per heavy atom. The molecule has 3 aromatic carbocycles. The number of hydrogen-bond acceptors (Lipinski definition) is 11. The Bertz CT molecular complexity index is 1850. The van der Waals surface area contributed by atoms with Gasteiger partial charge in [-0.25, -0.2) is 14.4 Å². The van der Waals surface area contributed by atoms with Crippen molar-refractivity contribution < 1.29 is 52.1 Å². The van der Waals surface area contributed by atoms with Crippen LogP contribution in [0.15, 0.2) is 91.0 Å². The Morgan fingerprint density at radius 2 is 1.25 bits per heavy atom. The fourth-order valence-electron chi connectivity index (χ4n) is 6.75. The maximum Gasteiger partial charge on any atom is 0.338 e. The van der Waals surface area contributed by atoms with Gasteiger partial charge in [0.2, 0.25) is 11.8 Å². The molecule has 1 N–H and O–H groups in total. The molecule has 2 fully saturated rings. The highest BCUT2D eigenvalue weighted by Gasteiger charge is 2.52. The van der Waals surface area contributed by atoms with E-state index in [0.717, 1.165) is 12.8 Å². The number of likely N-dealkylation sites (tertiary alicyclic amines) is 1. The Balaban J connectivity index is 1.29. The number of rotatable bonds is 16. The van der Waals surface area contributed by atoms with Crippen LogP contribution in [-0.2, 0) is 37.7 Å². The van der Waals surface area contributed by atoms with Crippen LogP contribution >= 0.6 is 0 Å². The Kier molecular flexibility index (Phi) is 16.0. The molecule has 2 heterocycles. The maximum absolute atomic E-state index is 13.6. The first kappa shape index (κ1) is 45.2. The van der Waals surface area contributed by atoms with Gasteiger partial charge in [-0.3, -0.25) is 9.59 Å². The standard InChI is InChI=1S/C45H58N2O11Si/c1-31(48)46-38-40(57-43(52)34-22-14-9-15-23-34)39(56-42(51)33-20-12-8-13-21-33)36(30-54-41(50)32-18-10-7-11-19-32)55-44(38)53-29-17-16-24-37(49)47-27-25-35(26-28-47)58-59(5,6)45(2,3)4/h7-15,18-23,35-36,38-40,44H,16-17,24-30H2,1-6H3,(H,46,48)/t36?,38-,39-,40?,44+/m0/s1. The zero-order valence-corrected chi connectivity index (χ0v) is 35.9. The number of ether oxygens (including phenoxy) is 5. The fourth-order valence-corrected chi connectivity index (χ4v) is 8.17. The van der Waals surface area contributed by atoms with Gasteiger partial charge in [0.05, 0.1) is 16.7 Å². The second-order valence-corrected chi connectivity index (χ2v) is 21.2.